The highest BCUT2D eigenvalue weighted by Gasteiger charge is 2.30. The molecule has 0 unspecified atom stereocenters. The summed E-state index contributed by atoms with van der Waals surface area (Å²) in [6.07, 6.45) is 6.03. The molecule has 0 aliphatic carbocycles. The fourth-order valence-corrected chi connectivity index (χ4v) is 5.36. The predicted molar refractivity (Wildman–Crippen MR) is 143 cm³/mol. The Kier molecular flexibility index (Phi) is 10.9. The van der Waals surface area contributed by atoms with Crippen LogP contribution in [0.4, 0.5) is 0 Å². The fourth-order valence-electron chi connectivity index (χ4n) is 5.36. The number of esters is 2. The maximum absolute atomic E-state index is 12.3. The Morgan fingerprint density at radius 3 is 1.42 bits per heavy atom. The van der Waals surface area contributed by atoms with Crippen molar-refractivity contribution >= 4 is 11.9 Å². The SMILES string of the molecule is CC(C)(CCCC(=O)OC1CCOCC1)c1cc(O)c(C(C)(C)CCCC(=O)OC2CCOCC2)cc1O. The molecular weight excluding hydrogens is 488 g/mol. The average molecular weight is 535 g/mol. The summed E-state index contributed by atoms with van der Waals surface area (Å²) in [5.74, 6) is -0.152. The molecule has 0 saturated carbocycles. The van der Waals surface area contributed by atoms with Gasteiger partial charge in [0.15, 0.2) is 0 Å². The first kappa shape index (κ1) is 30.2. The molecule has 2 saturated heterocycles. The third kappa shape index (κ3) is 8.87. The summed E-state index contributed by atoms with van der Waals surface area (Å²) in [5, 5.41) is 21.9. The molecule has 214 valence electrons. The highest BCUT2D eigenvalue weighted by molar-refractivity contribution is 5.70. The normalized spacial score (nSPS) is 17.8. The van der Waals surface area contributed by atoms with E-state index in [1.165, 1.54) is 0 Å². The smallest absolute Gasteiger partial charge is 0.306 e. The summed E-state index contributed by atoms with van der Waals surface area (Å²) in [6, 6.07) is 3.29. The Bertz CT molecular complexity index is 851. The zero-order valence-corrected chi connectivity index (χ0v) is 23.6. The lowest BCUT2D eigenvalue weighted by Crippen LogP contribution is -2.26. The molecule has 2 fully saturated rings. The number of phenols is 2. The minimum Gasteiger partial charge on any atom is -0.508 e. The number of hydrogen-bond donors (Lipinski definition) is 2. The van der Waals surface area contributed by atoms with Crippen LogP contribution in [0.2, 0.25) is 0 Å². The van der Waals surface area contributed by atoms with Crippen molar-refractivity contribution < 1.29 is 38.7 Å². The first-order chi connectivity index (χ1) is 18.0. The number of phenolic OH excluding ortho intramolecular Hbond substituents is 2. The monoisotopic (exact) mass is 534 g/mol. The molecule has 2 aliphatic heterocycles. The molecular formula is C30H46O8. The van der Waals surface area contributed by atoms with E-state index in [1.54, 1.807) is 12.1 Å². The van der Waals surface area contributed by atoms with E-state index in [0.29, 0.717) is 76.1 Å². The Balaban J connectivity index is 1.51. The van der Waals surface area contributed by atoms with E-state index < -0.39 is 10.8 Å². The second-order valence-electron chi connectivity index (χ2n) is 12.0. The Morgan fingerprint density at radius 2 is 1.08 bits per heavy atom. The number of hydrogen-bond acceptors (Lipinski definition) is 8. The van der Waals surface area contributed by atoms with Gasteiger partial charge in [0.1, 0.15) is 23.7 Å². The lowest BCUT2D eigenvalue weighted by Gasteiger charge is -2.30. The van der Waals surface area contributed by atoms with Crippen LogP contribution < -0.4 is 0 Å². The van der Waals surface area contributed by atoms with Gasteiger partial charge in [-0.1, -0.05) is 27.7 Å². The molecule has 2 aliphatic rings. The van der Waals surface area contributed by atoms with Gasteiger partial charge in [-0.3, -0.25) is 9.59 Å². The molecule has 3 rings (SSSR count). The first-order valence-electron chi connectivity index (χ1n) is 14.1. The van der Waals surface area contributed by atoms with E-state index in [4.69, 9.17) is 18.9 Å². The Morgan fingerprint density at radius 1 is 0.737 bits per heavy atom. The molecule has 0 radical (unpaired) electrons. The summed E-state index contributed by atoms with van der Waals surface area (Å²) in [6.45, 7) is 10.5. The van der Waals surface area contributed by atoms with Crippen molar-refractivity contribution in [3.8, 4) is 11.5 Å². The van der Waals surface area contributed by atoms with Crippen molar-refractivity contribution in [3.63, 3.8) is 0 Å². The standard InChI is InChI=1S/C30H46O8/c1-29(2,13-5-7-27(33)37-21-9-15-35-16-10-21)23-19-26(32)24(20-25(23)31)30(3,4)14-6-8-28(34)38-22-11-17-36-18-12-22/h19-22,31-32H,5-18H2,1-4H3. The molecule has 8 nitrogen and oxygen atoms in total. The van der Waals surface area contributed by atoms with E-state index in [0.717, 1.165) is 25.7 Å². The fraction of sp³-hybridized carbons (Fsp3) is 0.733. The minimum atomic E-state index is -0.447. The molecule has 2 heterocycles. The van der Waals surface area contributed by atoms with Crippen molar-refractivity contribution in [2.45, 2.75) is 115 Å². The molecule has 2 N–H and O–H groups in total. The third-order valence-corrected chi connectivity index (χ3v) is 7.87. The van der Waals surface area contributed by atoms with Gasteiger partial charge >= 0.3 is 11.9 Å². The van der Waals surface area contributed by atoms with Crippen molar-refractivity contribution in [2.75, 3.05) is 26.4 Å². The maximum atomic E-state index is 12.3. The van der Waals surface area contributed by atoms with Gasteiger partial charge in [0, 0.05) is 49.7 Å². The number of benzene rings is 1. The van der Waals surface area contributed by atoms with E-state index in [1.807, 2.05) is 27.7 Å². The zero-order chi connectivity index (χ0) is 27.8. The molecule has 1 aromatic rings. The Labute approximate surface area is 227 Å². The number of carbonyl (C=O) groups is 2. The molecule has 0 atom stereocenters. The van der Waals surface area contributed by atoms with Crippen molar-refractivity contribution in [2.24, 2.45) is 0 Å². The summed E-state index contributed by atoms with van der Waals surface area (Å²) >= 11 is 0. The van der Waals surface area contributed by atoms with Crippen LogP contribution in [0, 0.1) is 0 Å². The van der Waals surface area contributed by atoms with Crippen LogP contribution in [-0.4, -0.2) is 60.8 Å². The maximum Gasteiger partial charge on any atom is 0.306 e. The van der Waals surface area contributed by atoms with E-state index >= 15 is 0 Å². The second-order valence-corrected chi connectivity index (χ2v) is 12.0. The van der Waals surface area contributed by atoms with Crippen LogP contribution in [-0.2, 0) is 39.4 Å². The van der Waals surface area contributed by atoms with E-state index in [-0.39, 0.29) is 35.6 Å². The van der Waals surface area contributed by atoms with Crippen LogP contribution in [0.3, 0.4) is 0 Å². The van der Waals surface area contributed by atoms with E-state index in [2.05, 4.69) is 0 Å². The quantitative estimate of drug-likeness (QED) is 0.269. The van der Waals surface area contributed by atoms with Crippen molar-refractivity contribution in [1.29, 1.82) is 0 Å². The zero-order valence-electron chi connectivity index (χ0n) is 23.6. The molecule has 0 amide bonds. The molecule has 8 heteroatoms. The molecule has 38 heavy (non-hydrogen) atoms. The number of ether oxygens (including phenoxy) is 4. The van der Waals surface area contributed by atoms with Gasteiger partial charge in [0.2, 0.25) is 0 Å². The van der Waals surface area contributed by atoms with Gasteiger partial charge < -0.3 is 29.2 Å². The molecule has 0 bridgehead atoms. The van der Waals surface area contributed by atoms with Crippen LogP contribution >= 0.6 is 0 Å². The highest BCUT2D eigenvalue weighted by Crippen LogP contribution is 2.43. The van der Waals surface area contributed by atoms with Crippen LogP contribution in [0.5, 0.6) is 11.5 Å². The lowest BCUT2D eigenvalue weighted by atomic mass is 9.75. The largest absolute Gasteiger partial charge is 0.508 e. The van der Waals surface area contributed by atoms with Crippen LogP contribution in [0.25, 0.3) is 0 Å². The lowest BCUT2D eigenvalue weighted by molar-refractivity contribution is -0.154. The van der Waals surface area contributed by atoms with Crippen molar-refractivity contribution in [3.05, 3.63) is 23.3 Å². The first-order valence-corrected chi connectivity index (χ1v) is 14.1. The minimum absolute atomic E-state index is 0.0567. The van der Waals surface area contributed by atoms with Gasteiger partial charge in [-0.05, 0) is 48.6 Å². The molecule has 0 spiro atoms. The number of rotatable bonds is 12. The van der Waals surface area contributed by atoms with Gasteiger partial charge in [-0.2, -0.15) is 0 Å². The summed E-state index contributed by atoms with van der Waals surface area (Å²) in [5.41, 5.74) is 0.397. The number of carbonyl (C=O) groups excluding carboxylic acids is 2. The van der Waals surface area contributed by atoms with Crippen LogP contribution in [0.15, 0.2) is 12.1 Å². The number of aromatic hydroxyl groups is 2. The van der Waals surface area contributed by atoms with Gasteiger partial charge in [0.05, 0.1) is 26.4 Å². The second kappa shape index (κ2) is 13.7. The summed E-state index contributed by atoms with van der Waals surface area (Å²) < 4.78 is 21.7. The highest BCUT2D eigenvalue weighted by atomic mass is 16.6. The molecule has 1 aromatic carbocycles. The molecule has 0 aromatic heterocycles. The van der Waals surface area contributed by atoms with Gasteiger partial charge in [0.25, 0.3) is 0 Å². The van der Waals surface area contributed by atoms with Gasteiger partial charge in [-0.25, -0.2) is 0 Å². The van der Waals surface area contributed by atoms with Crippen molar-refractivity contribution in [1.82, 2.24) is 0 Å². The topological polar surface area (TPSA) is 112 Å². The summed E-state index contributed by atoms with van der Waals surface area (Å²) in [7, 11) is 0. The summed E-state index contributed by atoms with van der Waals surface area (Å²) in [4.78, 5) is 24.5. The van der Waals surface area contributed by atoms with Crippen LogP contribution in [0.1, 0.15) is 103 Å². The predicted octanol–water partition coefficient (Wildman–Crippen LogP) is 5.44. The average Bonchev–Trinajstić information content (AvgIpc) is 2.86. The third-order valence-electron chi connectivity index (χ3n) is 7.87. The Hall–Kier alpha value is -2.32. The van der Waals surface area contributed by atoms with Gasteiger partial charge in [-0.15, -0.1) is 0 Å². The van der Waals surface area contributed by atoms with E-state index in [9.17, 15) is 19.8 Å².